The van der Waals surface area contributed by atoms with Gasteiger partial charge >= 0.3 is 6.18 Å². The van der Waals surface area contributed by atoms with Crippen molar-refractivity contribution < 1.29 is 30.8 Å². The zero-order valence-electron chi connectivity index (χ0n) is 19.7. The van der Waals surface area contributed by atoms with Crippen LogP contribution in [0.15, 0.2) is 18.2 Å². The molecular formula is C24H34F4N2O3S. The Morgan fingerprint density at radius 3 is 2.21 bits per heavy atom. The lowest BCUT2D eigenvalue weighted by atomic mass is 9.81. The molecule has 0 bridgehead atoms. The molecule has 5 nitrogen and oxygen atoms in total. The van der Waals surface area contributed by atoms with E-state index in [-0.39, 0.29) is 17.7 Å². The van der Waals surface area contributed by atoms with Crippen LogP contribution in [0.2, 0.25) is 0 Å². The molecule has 1 heterocycles. The Kier molecular flexibility index (Phi) is 8.79. The molecular weight excluding hydrogens is 472 g/mol. The minimum Gasteiger partial charge on any atom is -0.295 e. The third-order valence-electron chi connectivity index (χ3n) is 7.20. The van der Waals surface area contributed by atoms with Crippen molar-refractivity contribution in [3.05, 3.63) is 35.1 Å². The Balaban J connectivity index is 1.76. The molecule has 3 rings (SSSR count). The molecule has 0 aromatic heterocycles. The van der Waals surface area contributed by atoms with Crippen LogP contribution < -0.4 is 0 Å². The Bertz CT molecular complexity index is 949. The zero-order valence-corrected chi connectivity index (χ0v) is 20.5. The van der Waals surface area contributed by atoms with Gasteiger partial charge in [-0.2, -0.15) is 17.5 Å². The van der Waals surface area contributed by atoms with E-state index in [9.17, 15) is 30.8 Å². The number of benzene rings is 1. The lowest BCUT2D eigenvalue weighted by Gasteiger charge is -2.48. The summed E-state index contributed by atoms with van der Waals surface area (Å²) in [4.78, 5) is 15.2. The fourth-order valence-electron chi connectivity index (χ4n) is 5.41. The van der Waals surface area contributed by atoms with E-state index >= 15 is 0 Å². The van der Waals surface area contributed by atoms with Crippen molar-refractivity contribution >= 4 is 15.8 Å². The summed E-state index contributed by atoms with van der Waals surface area (Å²) < 4.78 is 80.1. The quantitative estimate of drug-likeness (QED) is 0.274. The van der Waals surface area contributed by atoms with Crippen LogP contribution in [0.5, 0.6) is 0 Å². The van der Waals surface area contributed by atoms with Crippen molar-refractivity contribution in [1.29, 1.82) is 0 Å². The molecule has 2 fully saturated rings. The summed E-state index contributed by atoms with van der Waals surface area (Å²) in [6.07, 6.45) is 1.80. The summed E-state index contributed by atoms with van der Waals surface area (Å²) >= 11 is 0. The van der Waals surface area contributed by atoms with Gasteiger partial charge in [0.25, 0.3) is 0 Å². The van der Waals surface area contributed by atoms with Crippen LogP contribution in [0, 0.1) is 5.82 Å². The Morgan fingerprint density at radius 1 is 1.03 bits per heavy atom. The Hall–Kier alpha value is -1.52. The first kappa shape index (κ1) is 27.1. The standard InChI is InChI=1S/C24H34F4N2O3S/c1-2-17-34(32,33)30-15-13-29(14-16-30)23(10-5-3-4-6-11-23)12-9-22(31)20-8-7-19(25)18-21(20)24(26,27)28/h7-8,18H,2-6,9-17H2,1H3. The number of hydrogen-bond acceptors (Lipinski definition) is 4. The van der Waals surface area contributed by atoms with Crippen molar-refractivity contribution in [3.8, 4) is 0 Å². The van der Waals surface area contributed by atoms with E-state index in [0.717, 1.165) is 50.7 Å². The average molecular weight is 507 g/mol. The molecule has 0 atom stereocenters. The number of alkyl halides is 3. The number of ketones is 1. The van der Waals surface area contributed by atoms with Crippen LogP contribution in [-0.4, -0.2) is 60.9 Å². The second-order valence-corrected chi connectivity index (χ2v) is 11.5. The maximum atomic E-state index is 13.5. The normalized spacial score (nSPS) is 20.7. The lowest BCUT2D eigenvalue weighted by Crippen LogP contribution is -2.58. The zero-order chi connectivity index (χ0) is 25.0. The maximum absolute atomic E-state index is 13.5. The van der Waals surface area contributed by atoms with E-state index in [1.165, 1.54) is 4.31 Å². The summed E-state index contributed by atoms with van der Waals surface area (Å²) in [6.45, 7) is 3.68. The summed E-state index contributed by atoms with van der Waals surface area (Å²) in [5, 5.41) is 0. The minimum atomic E-state index is -4.81. The molecule has 1 aliphatic carbocycles. The predicted molar refractivity (Wildman–Crippen MR) is 123 cm³/mol. The van der Waals surface area contributed by atoms with Gasteiger partial charge in [0.2, 0.25) is 10.0 Å². The number of halogens is 4. The van der Waals surface area contributed by atoms with Crippen molar-refractivity contribution in [3.63, 3.8) is 0 Å². The topological polar surface area (TPSA) is 57.7 Å². The largest absolute Gasteiger partial charge is 0.417 e. The molecule has 2 aliphatic rings. The maximum Gasteiger partial charge on any atom is 0.417 e. The molecule has 1 aromatic carbocycles. The molecule has 0 amide bonds. The number of sulfonamides is 1. The fraction of sp³-hybridized carbons (Fsp3) is 0.708. The van der Waals surface area contributed by atoms with E-state index < -0.39 is 38.9 Å². The van der Waals surface area contributed by atoms with Gasteiger partial charge in [-0.05, 0) is 43.9 Å². The van der Waals surface area contributed by atoms with E-state index in [2.05, 4.69) is 4.90 Å². The first-order valence-electron chi connectivity index (χ1n) is 12.1. The van der Waals surface area contributed by atoms with Gasteiger partial charge in [-0.15, -0.1) is 0 Å². The molecule has 0 N–H and O–H groups in total. The van der Waals surface area contributed by atoms with Gasteiger partial charge in [-0.1, -0.05) is 32.6 Å². The monoisotopic (exact) mass is 506 g/mol. The average Bonchev–Trinajstić information content (AvgIpc) is 3.03. The summed E-state index contributed by atoms with van der Waals surface area (Å²) in [5.41, 5.74) is -2.07. The molecule has 192 valence electrons. The third-order valence-corrected chi connectivity index (χ3v) is 9.28. The number of piperazine rings is 1. The van der Waals surface area contributed by atoms with Crippen LogP contribution in [0.4, 0.5) is 17.6 Å². The van der Waals surface area contributed by atoms with E-state index in [4.69, 9.17) is 0 Å². The molecule has 1 aliphatic heterocycles. The van der Waals surface area contributed by atoms with E-state index in [1.807, 2.05) is 6.92 Å². The molecule has 1 saturated carbocycles. The number of rotatable bonds is 8. The summed E-state index contributed by atoms with van der Waals surface area (Å²) in [7, 11) is -3.28. The molecule has 34 heavy (non-hydrogen) atoms. The van der Waals surface area contributed by atoms with Gasteiger partial charge in [0.05, 0.1) is 11.3 Å². The molecule has 10 heteroatoms. The van der Waals surface area contributed by atoms with Crippen molar-refractivity contribution in [2.75, 3.05) is 31.9 Å². The Labute approximate surface area is 199 Å². The van der Waals surface area contributed by atoms with Crippen LogP contribution >= 0.6 is 0 Å². The van der Waals surface area contributed by atoms with Crippen molar-refractivity contribution in [1.82, 2.24) is 9.21 Å². The predicted octanol–water partition coefficient (Wildman–Crippen LogP) is 5.26. The smallest absolute Gasteiger partial charge is 0.295 e. The highest BCUT2D eigenvalue weighted by Gasteiger charge is 2.41. The van der Waals surface area contributed by atoms with Gasteiger partial charge in [0.15, 0.2) is 5.78 Å². The van der Waals surface area contributed by atoms with Gasteiger partial charge in [0, 0.05) is 43.7 Å². The molecule has 0 radical (unpaired) electrons. The van der Waals surface area contributed by atoms with E-state index in [1.54, 1.807) is 0 Å². The minimum absolute atomic E-state index is 0.0664. The van der Waals surface area contributed by atoms with Gasteiger partial charge < -0.3 is 0 Å². The molecule has 1 aromatic rings. The number of carbonyl (C=O) groups is 1. The van der Waals surface area contributed by atoms with Crippen LogP contribution in [0.3, 0.4) is 0 Å². The molecule has 0 spiro atoms. The van der Waals surface area contributed by atoms with Gasteiger partial charge in [-0.3, -0.25) is 9.69 Å². The number of Topliss-reactive ketones (excluding diaryl/α,β-unsaturated/α-hetero) is 1. The van der Waals surface area contributed by atoms with Crippen molar-refractivity contribution in [2.24, 2.45) is 0 Å². The second kappa shape index (κ2) is 11.0. The molecule has 0 unspecified atom stereocenters. The fourth-order valence-corrected chi connectivity index (χ4v) is 6.91. The second-order valence-electron chi connectivity index (χ2n) is 9.45. The first-order chi connectivity index (χ1) is 16.0. The lowest BCUT2D eigenvalue weighted by molar-refractivity contribution is -0.138. The summed E-state index contributed by atoms with van der Waals surface area (Å²) in [5.74, 6) is -1.55. The van der Waals surface area contributed by atoms with Crippen LogP contribution in [0.1, 0.15) is 80.6 Å². The number of hydrogen-bond donors (Lipinski definition) is 0. The van der Waals surface area contributed by atoms with Crippen LogP contribution in [-0.2, 0) is 16.2 Å². The Morgan fingerprint density at radius 2 is 1.65 bits per heavy atom. The third kappa shape index (κ3) is 6.37. The highest BCUT2D eigenvalue weighted by atomic mass is 32.2. The highest BCUT2D eigenvalue weighted by molar-refractivity contribution is 7.89. The number of carbonyl (C=O) groups excluding carboxylic acids is 1. The first-order valence-corrected chi connectivity index (χ1v) is 13.7. The van der Waals surface area contributed by atoms with Crippen LogP contribution in [0.25, 0.3) is 0 Å². The highest BCUT2D eigenvalue weighted by Crippen LogP contribution is 2.39. The van der Waals surface area contributed by atoms with E-state index in [0.29, 0.717) is 45.1 Å². The van der Waals surface area contributed by atoms with Gasteiger partial charge in [-0.25, -0.2) is 12.8 Å². The SMILES string of the molecule is CCCS(=O)(=O)N1CCN(C2(CCC(=O)c3ccc(F)cc3C(F)(F)F)CCCCCC2)CC1. The van der Waals surface area contributed by atoms with Gasteiger partial charge in [0.1, 0.15) is 5.82 Å². The van der Waals surface area contributed by atoms with Crippen molar-refractivity contribution in [2.45, 2.75) is 76.4 Å². The molecule has 1 saturated heterocycles. The summed E-state index contributed by atoms with van der Waals surface area (Å²) in [6, 6.07) is 2.20. The number of nitrogens with zero attached hydrogens (tertiary/aromatic N) is 2.